The third-order valence-electron chi connectivity index (χ3n) is 3.07. The largest absolute Gasteiger partial charge is 0.497 e. The summed E-state index contributed by atoms with van der Waals surface area (Å²) in [4.78, 5) is 11.8. The molecule has 0 saturated carbocycles. The summed E-state index contributed by atoms with van der Waals surface area (Å²) >= 11 is 0. The van der Waals surface area contributed by atoms with Crippen molar-refractivity contribution in [1.82, 2.24) is 0 Å². The van der Waals surface area contributed by atoms with Gasteiger partial charge in [0.2, 0.25) is 0 Å². The van der Waals surface area contributed by atoms with E-state index in [0.29, 0.717) is 5.69 Å². The first-order valence-electron chi connectivity index (χ1n) is 7.12. The monoisotopic (exact) mass is 312 g/mol. The van der Waals surface area contributed by atoms with Crippen LogP contribution in [0.4, 0.5) is 10.5 Å². The summed E-state index contributed by atoms with van der Waals surface area (Å²) in [5, 5.41) is 13.1. The zero-order valence-corrected chi connectivity index (χ0v) is 12.8. The average Bonchev–Trinajstić information content (AvgIpc) is 2.59. The van der Waals surface area contributed by atoms with E-state index in [1.165, 1.54) is 6.08 Å². The van der Waals surface area contributed by atoms with Crippen molar-refractivity contribution in [2.75, 3.05) is 19.0 Å². The number of amides is 1. The van der Waals surface area contributed by atoms with Gasteiger partial charge in [0.05, 0.1) is 7.11 Å². The van der Waals surface area contributed by atoms with Crippen molar-refractivity contribution < 1.29 is 19.4 Å². The third-order valence-corrected chi connectivity index (χ3v) is 3.07. The minimum atomic E-state index is -0.536. The van der Waals surface area contributed by atoms with Gasteiger partial charge in [0, 0.05) is 5.69 Å². The molecule has 5 heteroatoms. The van der Waals surface area contributed by atoms with Crippen LogP contribution in [0.15, 0.2) is 54.6 Å². The van der Waals surface area contributed by atoms with E-state index in [1.54, 1.807) is 31.4 Å². The highest BCUT2D eigenvalue weighted by Crippen LogP contribution is 2.14. The average molecular weight is 312 g/mol. The fraction of sp³-hybridized carbons (Fsp3) is 0.167. The number of ether oxygens (including phenoxy) is 2. The minimum Gasteiger partial charge on any atom is -0.497 e. The highest BCUT2D eigenvalue weighted by molar-refractivity contribution is 5.85. The van der Waals surface area contributed by atoms with Gasteiger partial charge in [0.25, 0.3) is 0 Å². The molecule has 0 aliphatic rings. The van der Waals surface area contributed by atoms with Gasteiger partial charge in [-0.3, -0.25) is 5.32 Å². The molecule has 2 aromatic carbocycles. The summed E-state index contributed by atoms with van der Waals surface area (Å²) in [6, 6.07) is 14.4. The van der Waals surface area contributed by atoms with Gasteiger partial charge in [-0.2, -0.15) is 0 Å². The summed E-state index contributed by atoms with van der Waals surface area (Å²) in [6.07, 6.45) is 2.69. The number of carbonyl (C=O) groups excluding carboxylic acids is 1. The lowest BCUT2D eigenvalue weighted by atomic mass is 10.2. The number of nitrogens with one attached hydrogen (secondary N) is 1. The molecule has 0 spiro atoms. The molecular weight excluding hydrogens is 294 g/mol. The molecule has 119 valence electrons. The Bertz CT molecular complexity index is 665. The number of hydrogen-bond donors (Lipinski definition) is 1. The molecule has 0 atom stereocenters. The summed E-state index contributed by atoms with van der Waals surface area (Å²) in [7, 11) is 1.60. The molecular formula is C18H18NO4. The molecule has 1 N–H and O–H groups in total. The fourth-order valence-corrected chi connectivity index (χ4v) is 1.93. The Hall–Kier alpha value is -2.79. The van der Waals surface area contributed by atoms with Crippen LogP contribution in [-0.4, -0.2) is 19.8 Å². The van der Waals surface area contributed by atoms with Crippen LogP contribution < -0.4 is 10.1 Å². The van der Waals surface area contributed by atoms with Gasteiger partial charge in [0.1, 0.15) is 19.0 Å². The first kappa shape index (κ1) is 16.6. The van der Waals surface area contributed by atoms with E-state index in [2.05, 4.69) is 5.32 Å². The van der Waals surface area contributed by atoms with Crippen molar-refractivity contribution >= 4 is 17.9 Å². The summed E-state index contributed by atoms with van der Waals surface area (Å²) in [5.41, 5.74) is 2.32. The number of carbonyl (C=O) groups is 1. The Morgan fingerprint density at radius 1 is 1.17 bits per heavy atom. The molecule has 0 fully saturated rings. The Morgan fingerprint density at radius 2 is 1.96 bits per heavy atom. The summed E-state index contributed by atoms with van der Waals surface area (Å²) < 4.78 is 10.2. The SMILES string of the molecule is COc1ccc(COC(=O)Nc2cccc(C=CC[O])c2)cc1. The van der Waals surface area contributed by atoms with Crippen LogP contribution in [0.2, 0.25) is 0 Å². The molecule has 0 unspecified atom stereocenters. The van der Waals surface area contributed by atoms with Crippen LogP contribution in [0, 0.1) is 0 Å². The molecule has 23 heavy (non-hydrogen) atoms. The lowest BCUT2D eigenvalue weighted by Gasteiger charge is -2.08. The predicted octanol–water partition coefficient (Wildman–Crippen LogP) is 3.89. The topological polar surface area (TPSA) is 67.5 Å². The molecule has 0 bridgehead atoms. The van der Waals surface area contributed by atoms with Crippen LogP contribution in [0.3, 0.4) is 0 Å². The molecule has 1 amide bonds. The molecule has 0 saturated heterocycles. The Kier molecular flexibility index (Phi) is 6.20. The number of rotatable bonds is 6. The molecule has 0 aromatic heterocycles. The standard InChI is InChI=1S/C18H18NO4/c1-22-17-9-7-15(8-10-17)13-23-18(21)19-16-6-2-4-14(12-16)5-3-11-20/h2-10,12H,11,13H2,1H3,(H,19,21). The third kappa shape index (κ3) is 5.48. The zero-order valence-electron chi connectivity index (χ0n) is 12.8. The highest BCUT2D eigenvalue weighted by atomic mass is 16.5. The number of benzene rings is 2. The maximum Gasteiger partial charge on any atom is 0.411 e. The predicted molar refractivity (Wildman–Crippen MR) is 87.8 cm³/mol. The second kappa shape index (κ2) is 8.60. The molecule has 5 nitrogen and oxygen atoms in total. The molecule has 1 radical (unpaired) electrons. The van der Waals surface area contributed by atoms with Crippen LogP contribution in [-0.2, 0) is 16.5 Å². The molecule has 2 rings (SSSR count). The van der Waals surface area contributed by atoms with Crippen molar-refractivity contribution in [3.05, 3.63) is 65.7 Å². The molecule has 0 aliphatic heterocycles. The summed E-state index contributed by atoms with van der Waals surface area (Å²) in [5.74, 6) is 0.751. The van der Waals surface area contributed by atoms with Crippen LogP contribution in [0.5, 0.6) is 5.75 Å². The van der Waals surface area contributed by atoms with Gasteiger partial charge >= 0.3 is 6.09 Å². The Balaban J connectivity index is 1.87. The van der Waals surface area contributed by atoms with Crippen molar-refractivity contribution in [1.29, 1.82) is 0 Å². The lowest BCUT2D eigenvalue weighted by molar-refractivity contribution is 0.155. The second-order valence-electron chi connectivity index (χ2n) is 4.74. The van der Waals surface area contributed by atoms with Crippen molar-refractivity contribution in [3.63, 3.8) is 0 Å². The van der Waals surface area contributed by atoms with Gasteiger partial charge in [0.15, 0.2) is 0 Å². The number of methoxy groups -OCH3 is 1. The first-order valence-corrected chi connectivity index (χ1v) is 7.12. The van der Waals surface area contributed by atoms with Gasteiger partial charge in [-0.1, -0.05) is 36.4 Å². The van der Waals surface area contributed by atoms with E-state index in [9.17, 15) is 9.90 Å². The zero-order chi connectivity index (χ0) is 16.5. The first-order chi connectivity index (χ1) is 11.2. The van der Waals surface area contributed by atoms with Crippen LogP contribution >= 0.6 is 0 Å². The van der Waals surface area contributed by atoms with E-state index < -0.39 is 6.09 Å². The lowest BCUT2D eigenvalue weighted by Crippen LogP contribution is -2.13. The maximum atomic E-state index is 11.8. The molecule has 0 aliphatic carbocycles. The van der Waals surface area contributed by atoms with Crippen molar-refractivity contribution in [2.45, 2.75) is 6.61 Å². The highest BCUT2D eigenvalue weighted by Gasteiger charge is 2.04. The van der Waals surface area contributed by atoms with E-state index in [-0.39, 0.29) is 13.2 Å². The van der Waals surface area contributed by atoms with E-state index in [4.69, 9.17) is 9.47 Å². The molecule has 0 heterocycles. The summed E-state index contributed by atoms with van der Waals surface area (Å²) in [6.45, 7) is -0.104. The second-order valence-corrected chi connectivity index (χ2v) is 4.74. The number of anilines is 1. The van der Waals surface area contributed by atoms with E-state index >= 15 is 0 Å². The number of hydrogen-bond acceptors (Lipinski definition) is 3. The van der Waals surface area contributed by atoms with Gasteiger partial charge in [-0.05, 0) is 35.4 Å². The smallest absolute Gasteiger partial charge is 0.411 e. The van der Waals surface area contributed by atoms with Crippen molar-refractivity contribution in [2.24, 2.45) is 0 Å². The fourth-order valence-electron chi connectivity index (χ4n) is 1.93. The minimum absolute atomic E-state index is 0.172. The van der Waals surface area contributed by atoms with Crippen LogP contribution in [0.1, 0.15) is 11.1 Å². The molecule has 2 aromatic rings. The Labute approximate surface area is 135 Å². The van der Waals surface area contributed by atoms with Gasteiger partial charge in [-0.15, -0.1) is 0 Å². The van der Waals surface area contributed by atoms with Crippen molar-refractivity contribution in [3.8, 4) is 5.75 Å². The maximum absolute atomic E-state index is 11.8. The van der Waals surface area contributed by atoms with E-state index in [1.807, 2.05) is 30.3 Å². The quantitative estimate of drug-likeness (QED) is 0.880. The van der Waals surface area contributed by atoms with E-state index in [0.717, 1.165) is 16.9 Å². The van der Waals surface area contributed by atoms with Gasteiger partial charge in [-0.25, -0.2) is 9.90 Å². The normalized spacial score (nSPS) is 10.5. The Morgan fingerprint density at radius 3 is 2.65 bits per heavy atom. The van der Waals surface area contributed by atoms with Gasteiger partial charge < -0.3 is 9.47 Å². The van der Waals surface area contributed by atoms with Crippen LogP contribution in [0.25, 0.3) is 6.08 Å².